The molecule has 20 heavy (non-hydrogen) atoms. The summed E-state index contributed by atoms with van der Waals surface area (Å²) in [6, 6.07) is 0. The van der Waals surface area contributed by atoms with Gasteiger partial charge in [-0.2, -0.15) is 0 Å². The summed E-state index contributed by atoms with van der Waals surface area (Å²) in [6.07, 6.45) is 2.50. The lowest BCUT2D eigenvalue weighted by Crippen LogP contribution is -2.13. The first-order chi connectivity index (χ1) is 9.43. The van der Waals surface area contributed by atoms with Crippen molar-refractivity contribution in [3.63, 3.8) is 0 Å². The zero-order valence-corrected chi connectivity index (χ0v) is 12.7. The molecule has 0 unspecified atom stereocenters. The summed E-state index contributed by atoms with van der Waals surface area (Å²) in [5, 5.41) is 9.07. The molecule has 0 aliphatic carbocycles. The Labute approximate surface area is 119 Å². The molecule has 0 aliphatic rings. The van der Waals surface area contributed by atoms with Gasteiger partial charge in [0, 0.05) is 36.3 Å². The standard InChI is InChI=1S/C16H23NO3/c1-5-6-7-14(19)15-10(2)11(3)16(20)13(8-9-18)12(4)17-15/h18H,5-9H2,1-4H3. The minimum absolute atomic E-state index is 0.0129. The van der Waals surface area contributed by atoms with E-state index in [1.165, 1.54) is 0 Å². The number of rotatable bonds is 6. The molecule has 0 aromatic carbocycles. The Balaban J connectivity index is 3.46. The minimum Gasteiger partial charge on any atom is -0.396 e. The summed E-state index contributed by atoms with van der Waals surface area (Å²) in [5.41, 5.74) is 2.53. The summed E-state index contributed by atoms with van der Waals surface area (Å²) in [4.78, 5) is 28.9. The first-order valence-corrected chi connectivity index (χ1v) is 7.09. The molecule has 0 radical (unpaired) electrons. The Morgan fingerprint density at radius 3 is 2.40 bits per heavy atom. The molecule has 0 spiro atoms. The summed E-state index contributed by atoms with van der Waals surface area (Å²) >= 11 is 0. The minimum atomic E-state index is -0.115. The predicted molar refractivity (Wildman–Crippen MR) is 79.4 cm³/mol. The average Bonchev–Trinajstić information content (AvgIpc) is 2.51. The molecule has 0 saturated carbocycles. The van der Waals surface area contributed by atoms with E-state index in [4.69, 9.17) is 5.11 Å². The molecule has 0 atom stereocenters. The number of nitrogens with zero attached hydrogens (tertiary/aromatic N) is 1. The van der Waals surface area contributed by atoms with Crippen molar-refractivity contribution >= 4 is 5.78 Å². The van der Waals surface area contributed by atoms with Gasteiger partial charge in [-0.15, -0.1) is 0 Å². The fourth-order valence-corrected chi connectivity index (χ4v) is 2.19. The van der Waals surface area contributed by atoms with Gasteiger partial charge in [0.2, 0.25) is 0 Å². The van der Waals surface area contributed by atoms with Crippen molar-refractivity contribution in [2.24, 2.45) is 0 Å². The van der Waals surface area contributed by atoms with Crippen LogP contribution in [-0.2, 0) is 6.42 Å². The Morgan fingerprint density at radius 1 is 1.20 bits per heavy atom. The highest BCUT2D eigenvalue weighted by molar-refractivity contribution is 5.95. The molecule has 110 valence electrons. The number of unbranched alkanes of at least 4 members (excludes halogenated alkanes) is 1. The third-order valence-electron chi connectivity index (χ3n) is 3.63. The molecule has 1 N–H and O–H groups in total. The molecule has 1 heterocycles. The number of hydrogen-bond donors (Lipinski definition) is 1. The number of carbonyl (C=O) groups excluding carboxylic acids is 1. The Kier molecular flexibility index (Phi) is 6.02. The maximum atomic E-state index is 12.3. The van der Waals surface area contributed by atoms with Crippen LogP contribution in [0, 0.1) is 20.8 Å². The summed E-state index contributed by atoms with van der Waals surface area (Å²) in [7, 11) is 0. The number of Topliss-reactive ketones (excluding diaryl/α,β-unsaturated/α-hetero) is 1. The highest BCUT2D eigenvalue weighted by atomic mass is 16.3. The molecule has 0 amide bonds. The molecule has 4 nitrogen and oxygen atoms in total. The molecular weight excluding hydrogens is 254 g/mol. The molecule has 1 aromatic heterocycles. The second kappa shape index (κ2) is 7.29. The number of aromatic nitrogens is 1. The smallest absolute Gasteiger partial charge is 0.186 e. The van der Waals surface area contributed by atoms with E-state index in [2.05, 4.69) is 4.98 Å². The monoisotopic (exact) mass is 277 g/mol. The quantitative estimate of drug-likeness (QED) is 0.810. The largest absolute Gasteiger partial charge is 0.396 e. The lowest BCUT2D eigenvalue weighted by Gasteiger charge is -2.02. The highest BCUT2D eigenvalue weighted by Gasteiger charge is 2.16. The van der Waals surface area contributed by atoms with Gasteiger partial charge >= 0.3 is 0 Å². The van der Waals surface area contributed by atoms with E-state index in [-0.39, 0.29) is 24.2 Å². The van der Waals surface area contributed by atoms with Crippen molar-refractivity contribution < 1.29 is 9.90 Å². The van der Waals surface area contributed by atoms with Crippen LogP contribution in [0.25, 0.3) is 0 Å². The van der Waals surface area contributed by atoms with E-state index in [1.54, 1.807) is 20.8 Å². The predicted octanol–water partition coefficient (Wildman–Crippen LogP) is 2.27. The SMILES string of the molecule is CCCCC(=O)c1nc(C)c(CCO)c(=O)c(C)c1C. The van der Waals surface area contributed by atoms with Gasteiger partial charge < -0.3 is 5.11 Å². The van der Waals surface area contributed by atoms with E-state index in [0.29, 0.717) is 34.5 Å². The number of aliphatic hydroxyl groups is 1. The number of aliphatic hydroxyl groups excluding tert-OH is 1. The van der Waals surface area contributed by atoms with Gasteiger partial charge in [0.25, 0.3) is 0 Å². The molecule has 0 bridgehead atoms. The maximum absolute atomic E-state index is 12.3. The highest BCUT2D eigenvalue weighted by Crippen LogP contribution is 2.13. The fraction of sp³-hybridized carbons (Fsp3) is 0.562. The van der Waals surface area contributed by atoms with Crippen LogP contribution in [0.15, 0.2) is 4.79 Å². The van der Waals surface area contributed by atoms with E-state index in [0.717, 1.165) is 12.8 Å². The summed E-state index contributed by atoms with van der Waals surface area (Å²) < 4.78 is 0. The van der Waals surface area contributed by atoms with Gasteiger partial charge in [0.1, 0.15) is 5.69 Å². The van der Waals surface area contributed by atoms with Gasteiger partial charge in [-0.1, -0.05) is 13.3 Å². The average molecular weight is 277 g/mol. The van der Waals surface area contributed by atoms with Crippen molar-refractivity contribution in [3.8, 4) is 0 Å². The fourth-order valence-electron chi connectivity index (χ4n) is 2.19. The van der Waals surface area contributed by atoms with Crippen LogP contribution in [0.3, 0.4) is 0 Å². The number of carbonyl (C=O) groups is 1. The van der Waals surface area contributed by atoms with Crippen LogP contribution in [-0.4, -0.2) is 22.5 Å². The lowest BCUT2D eigenvalue weighted by atomic mass is 10.0. The lowest BCUT2D eigenvalue weighted by molar-refractivity contribution is 0.0974. The maximum Gasteiger partial charge on any atom is 0.186 e. The molecule has 0 saturated heterocycles. The number of ketones is 1. The first-order valence-electron chi connectivity index (χ1n) is 7.09. The van der Waals surface area contributed by atoms with Crippen molar-refractivity contribution in [2.75, 3.05) is 6.61 Å². The van der Waals surface area contributed by atoms with Crippen LogP contribution in [0.2, 0.25) is 0 Å². The van der Waals surface area contributed by atoms with Gasteiger partial charge in [0.05, 0.1) is 0 Å². The van der Waals surface area contributed by atoms with Gasteiger partial charge in [0.15, 0.2) is 11.2 Å². The second-order valence-electron chi connectivity index (χ2n) is 5.10. The third-order valence-corrected chi connectivity index (χ3v) is 3.63. The molecule has 4 heteroatoms. The van der Waals surface area contributed by atoms with Crippen LogP contribution in [0.5, 0.6) is 0 Å². The number of hydrogen-bond acceptors (Lipinski definition) is 4. The molecule has 1 rings (SSSR count). The topological polar surface area (TPSA) is 67.3 Å². The van der Waals surface area contributed by atoms with E-state index >= 15 is 0 Å². The zero-order chi connectivity index (χ0) is 15.3. The van der Waals surface area contributed by atoms with Gasteiger partial charge in [-0.25, -0.2) is 4.98 Å². The molecule has 0 aliphatic heterocycles. The molecular formula is C16H23NO3. The number of aryl methyl sites for hydroxylation is 1. The van der Waals surface area contributed by atoms with E-state index in [1.807, 2.05) is 6.92 Å². The van der Waals surface area contributed by atoms with Crippen molar-refractivity contribution in [1.82, 2.24) is 4.98 Å². The normalized spacial score (nSPS) is 10.7. The van der Waals surface area contributed by atoms with Crippen molar-refractivity contribution in [3.05, 3.63) is 38.3 Å². The Morgan fingerprint density at radius 2 is 1.85 bits per heavy atom. The van der Waals surface area contributed by atoms with Crippen LogP contribution >= 0.6 is 0 Å². The van der Waals surface area contributed by atoms with E-state index < -0.39 is 0 Å². The van der Waals surface area contributed by atoms with Crippen LogP contribution in [0.1, 0.15) is 59.1 Å². The summed E-state index contributed by atoms with van der Waals surface area (Å²) in [6.45, 7) is 7.15. The van der Waals surface area contributed by atoms with Gasteiger partial charge in [-0.3, -0.25) is 9.59 Å². The molecule has 0 fully saturated rings. The second-order valence-corrected chi connectivity index (χ2v) is 5.10. The summed E-state index contributed by atoms with van der Waals surface area (Å²) in [5.74, 6) is -0.0129. The van der Waals surface area contributed by atoms with E-state index in [9.17, 15) is 9.59 Å². The first kappa shape index (κ1) is 16.5. The molecule has 1 aromatic rings. The third kappa shape index (κ3) is 3.51. The Bertz CT molecular complexity index is 565. The van der Waals surface area contributed by atoms with Gasteiger partial charge in [-0.05, 0) is 32.8 Å². The Hall–Kier alpha value is -1.55. The van der Waals surface area contributed by atoms with Crippen LogP contribution < -0.4 is 5.43 Å². The van der Waals surface area contributed by atoms with Crippen molar-refractivity contribution in [2.45, 2.75) is 53.4 Å². The van der Waals surface area contributed by atoms with Crippen molar-refractivity contribution in [1.29, 1.82) is 0 Å². The zero-order valence-electron chi connectivity index (χ0n) is 12.7. The van der Waals surface area contributed by atoms with Crippen LogP contribution in [0.4, 0.5) is 0 Å².